The fourth-order valence-electron chi connectivity index (χ4n) is 2.46. The van der Waals surface area contributed by atoms with Crippen LogP contribution >= 0.6 is 35.7 Å². The fourth-order valence-corrected chi connectivity index (χ4v) is 5.63. The number of hydrogen-bond donors (Lipinski definition) is 6. The first-order valence-electron chi connectivity index (χ1n) is 7.66. The molecular formula is C10H15F2N2O13P3S. The molecule has 0 aliphatic carbocycles. The highest BCUT2D eigenvalue weighted by Gasteiger charge is 2.56. The summed E-state index contributed by atoms with van der Waals surface area (Å²) in [5, 5.41) is 10.1. The zero-order valence-corrected chi connectivity index (χ0v) is 18.5. The minimum absolute atomic E-state index is 0.388. The molecule has 31 heavy (non-hydrogen) atoms. The van der Waals surface area contributed by atoms with Crippen LogP contribution < -0.4 is 5.69 Å². The minimum Gasteiger partial charge on any atom is -0.387 e. The molecule has 0 saturated carbocycles. The molecule has 0 aromatic carbocycles. The number of aliphatic hydroxyl groups is 1. The summed E-state index contributed by atoms with van der Waals surface area (Å²) in [4.78, 5) is 49.2. The van der Waals surface area contributed by atoms with E-state index >= 15 is 0 Å². The van der Waals surface area contributed by atoms with Gasteiger partial charge in [-0.05, 0) is 6.92 Å². The lowest BCUT2D eigenvalue weighted by molar-refractivity contribution is -0.0609. The van der Waals surface area contributed by atoms with E-state index in [1.165, 1.54) is 0 Å². The molecule has 15 nitrogen and oxygen atoms in total. The van der Waals surface area contributed by atoms with Gasteiger partial charge in [-0.25, -0.2) is 27.3 Å². The van der Waals surface area contributed by atoms with Gasteiger partial charge in [-0.1, -0.05) is 12.2 Å². The summed E-state index contributed by atoms with van der Waals surface area (Å²) in [5.41, 5.74) is -3.89. The Morgan fingerprint density at radius 1 is 1.26 bits per heavy atom. The molecule has 178 valence electrons. The van der Waals surface area contributed by atoms with Crippen molar-refractivity contribution in [1.82, 2.24) is 9.55 Å². The smallest absolute Gasteiger partial charge is 0.387 e. The Labute approximate surface area is 175 Å². The van der Waals surface area contributed by atoms with Gasteiger partial charge in [0.05, 0.1) is 12.8 Å². The second-order valence-electron chi connectivity index (χ2n) is 6.15. The number of phosphoric ester groups is 1. The van der Waals surface area contributed by atoms with Crippen molar-refractivity contribution in [3.8, 4) is 0 Å². The third kappa shape index (κ3) is 6.65. The summed E-state index contributed by atoms with van der Waals surface area (Å²) in [6.07, 6.45) is -5.40. The monoisotopic (exact) mass is 534 g/mol. The van der Waals surface area contributed by atoms with Crippen molar-refractivity contribution in [2.24, 2.45) is 0 Å². The molecule has 1 saturated heterocycles. The maximum absolute atomic E-state index is 15.0. The molecule has 2 rings (SSSR count). The second kappa shape index (κ2) is 8.91. The number of ether oxygens (including phenoxy) is 1. The van der Waals surface area contributed by atoms with Gasteiger partial charge in [0.25, 0.3) is 0 Å². The first-order chi connectivity index (χ1) is 13.8. The van der Waals surface area contributed by atoms with Crippen LogP contribution in [0.2, 0.25) is 0 Å². The molecule has 1 aromatic rings. The Balaban J connectivity index is 2.17. The topological polar surface area (TPSA) is 227 Å². The predicted molar refractivity (Wildman–Crippen MR) is 95.1 cm³/mol. The first kappa shape index (κ1) is 26.5. The summed E-state index contributed by atoms with van der Waals surface area (Å²) < 4.78 is 78.4. The Morgan fingerprint density at radius 3 is 2.39 bits per heavy atom. The van der Waals surface area contributed by atoms with Gasteiger partial charge < -0.3 is 29.4 Å². The van der Waals surface area contributed by atoms with Crippen LogP contribution in [0, 0.1) is 10.5 Å². The Morgan fingerprint density at radius 2 is 1.84 bits per heavy atom. The molecule has 21 heteroatoms. The lowest BCUT2D eigenvalue weighted by Gasteiger charge is -2.24. The first-order valence-corrected chi connectivity index (χ1v) is 12.6. The summed E-state index contributed by atoms with van der Waals surface area (Å²) in [5.74, 6) is -1.12. The number of aliphatic hydroxyl groups excluding tert-OH is 1. The van der Waals surface area contributed by atoms with E-state index < -0.39 is 70.3 Å². The van der Waals surface area contributed by atoms with Gasteiger partial charge in [-0.2, -0.15) is 8.62 Å². The van der Waals surface area contributed by atoms with Crippen molar-refractivity contribution >= 4 is 35.7 Å². The average Bonchev–Trinajstić information content (AvgIpc) is 2.76. The fraction of sp³-hybridized carbons (Fsp3) is 0.600. The average molecular weight is 534 g/mol. The number of hydrogen-bond acceptors (Lipinski definition) is 10. The van der Waals surface area contributed by atoms with Gasteiger partial charge in [-0.3, -0.25) is 14.1 Å². The molecule has 0 radical (unpaired) electrons. The number of phosphoric acid groups is 3. The molecule has 1 aromatic heterocycles. The molecule has 6 N–H and O–H groups in total. The quantitative estimate of drug-likeness (QED) is 0.196. The number of nitrogens with one attached hydrogen (secondary N) is 1. The van der Waals surface area contributed by atoms with Crippen molar-refractivity contribution in [2.75, 3.05) is 6.61 Å². The zero-order valence-electron chi connectivity index (χ0n) is 15.0. The van der Waals surface area contributed by atoms with E-state index in [1.54, 1.807) is 0 Å². The molecule has 1 fully saturated rings. The molecule has 0 spiro atoms. The number of alkyl halides is 1. The van der Waals surface area contributed by atoms with E-state index in [0.29, 0.717) is 10.8 Å². The molecule has 3 unspecified atom stereocenters. The lowest BCUT2D eigenvalue weighted by atomic mass is 9.98. The van der Waals surface area contributed by atoms with Crippen LogP contribution in [0.5, 0.6) is 0 Å². The van der Waals surface area contributed by atoms with Crippen molar-refractivity contribution in [3.05, 3.63) is 27.1 Å². The third-order valence-corrected chi connectivity index (χ3v) is 7.81. The molecule has 1 aliphatic rings. The van der Waals surface area contributed by atoms with Crippen LogP contribution in [0.15, 0.2) is 11.0 Å². The summed E-state index contributed by atoms with van der Waals surface area (Å²) >= 11 is 4.51. The van der Waals surface area contributed by atoms with E-state index in [1.807, 2.05) is 4.98 Å². The number of aromatic nitrogens is 2. The maximum atomic E-state index is 15.0. The third-order valence-electron chi connectivity index (χ3n) is 3.71. The van der Waals surface area contributed by atoms with Crippen LogP contribution in [0.3, 0.4) is 0 Å². The number of rotatable bonds is 8. The van der Waals surface area contributed by atoms with Crippen molar-refractivity contribution < 1.29 is 65.0 Å². The van der Waals surface area contributed by atoms with Crippen LogP contribution in [-0.2, 0) is 31.6 Å². The van der Waals surface area contributed by atoms with Crippen LogP contribution in [-0.4, -0.2) is 58.7 Å². The highest BCUT2D eigenvalue weighted by Crippen LogP contribution is 2.66. The van der Waals surface area contributed by atoms with Gasteiger partial charge in [0.2, 0.25) is 0 Å². The van der Waals surface area contributed by atoms with Gasteiger partial charge >= 0.3 is 29.2 Å². The van der Waals surface area contributed by atoms with Gasteiger partial charge in [0, 0.05) is 0 Å². The summed E-state index contributed by atoms with van der Waals surface area (Å²) in [7, 11) is -17.0. The largest absolute Gasteiger partial charge is 0.490 e. The normalized spacial score (nSPS) is 30.6. The van der Waals surface area contributed by atoms with Crippen LogP contribution in [0.25, 0.3) is 0 Å². The van der Waals surface area contributed by atoms with Crippen molar-refractivity contribution in [2.45, 2.75) is 31.0 Å². The molecular weight excluding hydrogens is 519 g/mol. The SMILES string of the molecule is C[C@@]1(F)C(O)[C@@H](COP(=O)(O)OP(=O)(O)OP(=O)(O)O)O[C@H]1n1cc(F)c(=S)[nH]c1=O. The van der Waals surface area contributed by atoms with Crippen molar-refractivity contribution in [3.63, 3.8) is 0 Å². The van der Waals surface area contributed by atoms with E-state index in [0.717, 1.165) is 6.92 Å². The summed E-state index contributed by atoms with van der Waals surface area (Å²) in [6.45, 7) is -0.431. The molecule has 1 aliphatic heterocycles. The Bertz CT molecular complexity index is 1100. The van der Waals surface area contributed by atoms with Crippen LogP contribution in [0.4, 0.5) is 8.78 Å². The Kier molecular flexibility index (Phi) is 7.63. The second-order valence-corrected chi connectivity index (χ2v) is 11.0. The van der Waals surface area contributed by atoms with Gasteiger partial charge in [-0.15, -0.1) is 0 Å². The molecule has 6 atom stereocenters. The highest BCUT2D eigenvalue weighted by molar-refractivity contribution is 7.71. The van der Waals surface area contributed by atoms with E-state index in [9.17, 15) is 37.3 Å². The number of H-pyrrole nitrogens is 1. The molecule has 0 amide bonds. The van der Waals surface area contributed by atoms with E-state index in [4.69, 9.17) is 19.4 Å². The standard InChI is InChI=1S/C10H15F2N2O13P3S/c1-10(12)6(15)5(25-8(10)14-2-4(11)7(31)13-9(14)16)3-24-29(20,21)27-30(22,23)26-28(17,18)19/h2,5-6,8,15H,3H2,1H3,(H,20,21)(H,22,23)(H,13,16,31)(H2,17,18,19)/t5-,6?,8-,10-/m1/s1. The predicted octanol–water partition coefficient (Wildman–Crippen LogP) is 0.375. The minimum atomic E-state index is -5.79. The number of halogens is 2. The molecule has 2 heterocycles. The lowest BCUT2D eigenvalue weighted by Crippen LogP contribution is -2.43. The maximum Gasteiger partial charge on any atom is 0.490 e. The van der Waals surface area contributed by atoms with Gasteiger partial charge in [0.15, 0.2) is 17.7 Å². The summed E-state index contributed by atoms with van der Waals surface area (Å²) in [6, 6.07) is 0. The van der Waals surface area contributed by atoms with Crippen LogP contribution in [0.1, 0.15) is 13.2 Å². The highest BCUT2D eigenvalue weighted by atomic mass is 32.1. The number of nitrogens with zero attached hydrogens (tertiary/aromatic N) is 1. The van der Waals surface area contributed by atoms with E-state index in [2.05, 4.69) is 25.4 Å². The van der Waals surface area contributed by atoms with Crippen molar-refractivity contribution in [1.29, 1.82) is 0 Å². The zero-order chi connectivity index (χ0) is 24.0. The molecule has 0 bridgehead atoms. The van der Waals surface area contributed by atoms with Gasteiger partial charge in [0.1, 0.15) is 16.8 Å². The number of aromatic amines is 1. The Hall–Kier alpha value is -0.710. The van der Waals surface area contributed by atoms with E-state index in [-0.39, 0.29) is 0 Å².